The van der Waals surface area contributed by atoms with Crippen molar-refractivity contribution in [3.05, 3.63) is 56.4 Å². The van der Waals surface area contributed by atoms with Crippen molar-refractivity contribution in [3.63, 3.8) is 0 Å². The molecule has 124 valence electrons. The van der Waals surface area contributed by atoms with Crippen LogP contribution in [0.4, 0.5) is 4.39 Å². The maximum atomic E-state index is 13.4. The summed E-state index contributed by atoms with van der Waals surface area (Å²) in [4.78, 5) is 14.7. The Kier molecular flexibility index (Phi) is 6.74. The van der Waals surface area contributed by atoms with Gasteiger partial charge in [-0.15, -0.1) is 0 Å². The Morgan fingerprint density at radius 1 is 1.35 bits per heavy atom. The van der Waals surface area contributed by atoms with Crippen LogP contribution in [0.1, 0.15) is 35.8 Å². The number of rotatable bonds is 7. The minimum absolute atomic E-state index is 0.118. The first kappa shape index (κ1) is 18.1. The van der Waals surface area contributed by atoms with E-state index in [2.05, 4.69) is 51.4 Å². The lowest BCUT2D eigenvalue weighted by Crippen LogP contribution is -2.38. The normalized spacial score (nSPS) is 12.4. The highest BCUT2D eigenvalue weighted by atomic mass is 79.9. The van der Waals surface area contributed by atoms with Crippen LogP contribution in [-0.2, 0) is 0 Å². The van der Waals surface area contributed by atoms with Gasteiger partial charge in [0.2, 0.25) is 0 Å². The van der Waals surface area contributed by atoms with Gasteiger partial charge in [0.1, 0.15) is 5.82 Å². The number of nitrogens with zero attached hydrogens (tertiary/aromatic N) is 1. The quantitative estimate of drug-likeness (QED) is 0.746. The van der Waals surface area contributed by atoms with Gasteiger partial charge in [-0.1, -0.05) is 13.8 Å². The van der Waals surface area contributed by atoms with Gasteiger partial charge in [-0.3, -0.25) is 9.69 Å². The number of benzene rings is 1. The van der Waals surface area contributed by atoms with Crippen molar-refractivity contribution >= 4 is 33.2 Å². The fraction of sp³-hybridized carbons (Fsp3) is 0.353. The van der Waals surface area contributed by atoms with Crippen molar-refractivity contribution in [1.29, 1.82) is 0 Å². The Hall–Kier alpha value is -1.24. The van der Waals surface area contributed by atoms with Crippen molar-refractivity contribution in [2.75, 3.05) is 19.6 Å². The first-order chi connectivity index (χ1) is 11.1. The molecule has 3 nitrogen and oxygen atoms in total. The highest BCUT2D eigenvalue weighted by Gasteiger charge is 2.20. The van der Waals surface area contributed by atoms with Crippen LogP contribution in [0.15, 0.2) is 39.5 Å². The minimum Gasteiger partial charge on any atom is -0.350 e. The Bertz CT molecular complexity index is 644. The van der Waals surface area contributed by atoms with Crippen molar-refractivity contribution in [2.45, 2.75) is 19.9 Å². The van der Waals surface area contributed by atoms with Crippen LogP contribution in [0.25, 0.3) is 0 Å². The van der Waals surface area contributed by atoms with E-state index in [1.807, 2.05) is 5.38 Å². The lowest BCUT2D eigenvalue weighted by molar-refractivity contribution is 0.0934. The first-order valence-corrected chi connectivity index (χ1v) is 9.29. The van der Waals surface area contributed by atoms with Crippen molar-refractivity contribution in [2.24, 2.45) is 0 Å². The second-order valence-corrected chi connectivity index (χ2v) is 6.76. The molecule has 0 aliphatic carbocycles. The molecule has 0 fully saturated rings. The second-order valence-electron chi connectivity index (χ2n) is 5.13. The number of carbonyl (C=O) groups excluding carboxylic acids is 1. The topological polar surface area (TPSA) is 32.3 Å². The first-order valence-electron chi connectivity index (χ1n) is 7.56. The predicted octanol–water partition coefficient (Wildman–Crippen LogP) is 4.46. The summed E-state index contributed by atoms with van der Waals surface area (Å²) in [5.74, 6) is -0.694. The van der Waals surface area contributed by atoms with Crippen LogP contribution in [-0.4, -0.2) is 30.4 Å². The molecule has 0 saturated heterocycles. The SMILES string of the molecule is CCN(CC)[C@@H](CNC(=O)c1cc(F)ccc1Br)c1ccsc1. The summed E-state index contributed by atoms with van der Waals surface area (Å²) in [6, 6.07) is 6.32. The molecule has 1 aromatic heterocycles. The Labute approximate surface area is 148 Å². The summed E-state index contributed by atoms with van der Waals surface area (Å²) in [5.41, 5.74) is 1.51. The highest BCUT2D eigenvalue weighted by Crippen LogP contribution is 2.23. The van der Waals surface area contributed by atoms with Crippen LogP contribution >= 0.6 is 27.3 Å². The molecule has 1 heterocycles. The van der Waals surface area contributed by atoms with Gasteiger partial charge >= 0.3 is 0 Å². The fourth-order valence-electron chi connectivity index (χ4n) is 2.54. The summed E-state index contributed by atoms with van der Waals surface area (Å²) >= 11 is 4.94. The van der Waals surface area contributed by atoms with Crippen molar-refractivity contribution in [3.8, 4) is 0 Å². The molecule has 6 heteroatoms. The van der Waals surface area contributed by atoms with Crippen molar-refractivity contribution < 1.29 is 9.18 Å². The number of amides is 1. The molecule has 1 N–H and O–H groups in total. The molecular formula is C17H20BrFN2OS. The third-order valence-corrected chi connectivity index (χ3v) is 5.20. The Balaban J connectivity index is 2.12. The van der Waals surface area contributed by atoms with E-state index < -0.39 is 5.82 Å². The van der Waals surface area contributed by atoms with E-state index in [0.29, 0.717) is 16.6 Å². The zero-order chi connectivity index (χ0) is 16.8. The van der Waals surface area contributed by atoms with Crippen LogP contribution in [0.3, 0.4) is 0 Å². The minimum atomic E-state index is -0.420. The lowest BCUT2D eigenvalue weighted by Gasteiger charge is -2.29. The monoisotopic (exact) mass is 398 g/mol. The van der Waals surface area contributed by atoms with Gasteiger partial charge in [0.25, 0.3) is 5.91 Å². The molecular weight excluding hydrogens is 379 g/mol. The zero-order valence-electron chi connectivity index (χ0n) is 13.2. The van der Waals surface area contributed by atoms with Gasteiger partial charge in [-0.25, -0.2) is 4.39 Å². The Morgan fingerprint density at radius 3 is 2.70 bits per heavy atom. The number of halogens is 2. The molecule has 1 amide bonds. The summed E-state index contributed by atoms with van der Waals surface area (Å²) in [6.07, 6.45) is 0. The van der Waals surface area contributed by atoms with E-state index in [0.717, 1.165) is 13.1 Å². The van der Waals surface area contributed by atoms with Crippen LogP contribution in [0.2, 0.25) is 0 Å². The van der Waals surface area contributed by atoms with Gasteiger partial charge in [0.15, 0.2) is 0 Å². The van der Waals surface area contributed by atoms with Gasteiger partial charge < -0.3 is 5.32 Å². The average Bonchev–Trinajstić information content (AvgIpc) is 3.07. The van der Waals surface area contributed by atoms with E-state index in [-0.39, 0.29) is 11.9 Å². The number of thiophene rings is 1. The Morgan fingerprint density at radius 2 is 2.09 bits per heavy atom. The fourth-order valence-corrected chi connectivity index (χ4v) is 3.68. The zero-order valence-corrected chi connectivity index (χ0v) is 15.6. The van der Waals surface area contributed by atoms with E-state index in [1.54, 1.807) is 17.4 Å². The van der Waals surface area contributed by atoms with Crippen LogP contribution in [0.5, 0.6) is 0 Å². The van der Waals surface area contributed by atoms with Gasteiger partial charge in [0.05, 0.1) is 11.6 Å². The molecule has 23 heavy (non-hydrogen) atoms. The summed E-state index contributed by atoms with van der Waals surface area (Å²) in [7, 11) is 0. The molecule has 2 aromatic rings. The average molecular weight is 399 g/mol. The molecule has 0 aliphatic rings. The van der Waals surface area contributed by atoms with Gasteiger partial charge in [-0.2, -0.15) is 11.3 Å². The summed E-state index contributed by atoms with van der Waals surface area (Å²) in [5, 5.41) is 7.07. The third-order valence-electron chi connectivity index (χ3n) is 3.81. The molecule has 0 radical (unpaired) electrons. The summed E-state index contributed by atoms with van der Waals surface area (Å²) in [6.45, 7) is 6.50. The number of nitrogens with one attached hydrogen (secondary N) is 1. The largest absolute Gasteiger partial charge is 0.350 e. The lowest BCUT2D eigenvalue weighted by atomic mass is 10.1. The molecule has 0 aliphatic heterocycles. The maximum Gasteiger partial charge on any atom is 0.252 e. The molecule has 0 bridgehead atoms. The standard InChI is InChI=1S/C17H20BrFN2OS/c1-3-21(4-2)16(12-7-8-23-11-12)10-20-17(22)14-9-13(19)5-6-15(14)18/h5-9,11,16H,3-4,10H2,1-2H3,(H,20,22)/t16-/m0/s1. The van der Waals surface area contributed by atoms with Crippen LogP contribution in [0, 0.1) is 5.82 Å². The van der Waals surface area contributed by atoms with Crippen LogP contribution < -0.4 is 5.32 Å². The van der Waals surface area contributed by atoms with E-state index >= 15 is 0 Å². The van der Waals surface area contributed by atoms with E-state index in [1.165, 1.54) is 17.7 Å². The summed E-state index contributed by atoms with van der Waals surface area (Å²) < 4.78 is 13.9. The molecule has 2 rings (SSSR count). The van der Waals surface area contributed by atoms with Gasteiger partial charge in [-0.05, 0) is 69.6 Å². The van der Waals surface area contributed by atoms with Gasteiger partial charge in [0, 0.05) is 11.0 Å². The second kappa shape index (κ2) is 8.57. The molecule has 0 spiro atoms. The maximum absolute atomic E-state index is 13.4. The van der Waals surface area contributed by atoms with E-state index in [9.17, 15) is 9.18 Å². The number of likely N-dealkylation sites (N-methyl/N-ethyl adjacent to an activating group) is 1. The van der Waals surface area contributed by atoms with E-state index in [4.69, 9.17) is 0 Å². The molecule has 1 aromatic carbocycles. The third kappa shape index (κ3) is 4.62. The molecule has 1 atom stereocenters. The number of carbonyl (C=O) groups is 1. The number of hydrogen-bond donors (Lipinski definition) is 1. The predicted molar refractivity (Wildman–Crippen MR) is 96.4 cm³/mol. The highest BCUT2D eigenvalue weighted by molar-refractivity contribution is 9.10. The number of hydrogen-bond acceptors (Lipinski definition) is 3. The van der Waals surface area contributed by atoms with Crippen molar-refractivity contribution in [1.82, 2.24) is 10.2 Å². The molecule has 0 saturated carbocycles. The smallest absolute Gasteiger partial charge is 0.252 e. The molecule has 0 unspecified atom stereocenters.